The lowest BCUT2D eigenvalue weighted by molar-refractivity contribution is -0.128. The molecule has 6 nitrogen and oxygen atoms in total. The monoisotopic (exact) mass is 464 g/mol. The van der Waals surface area contributed by atoms with E-state index in [9.17, 15) is 9.59 Å². The standard InChI is InChI=1S/C21H18Cl2N2O4S/c1-3-28-17-10-13(8-15-19(26)24-21(30)25(2)20(15)27)9-16(23)18(17)29-11-12-4-6-14(22)7-5-12/h4-10H,3,11H2,1-2H3,(H,24,26,30)/b15-8+. The number of halogens is 2. The lowest BCUT2D eigenvalue weighted by atomic mass is 10.1. The Bertz CT molecular complexity index is 1040. The summed E-state index contributed by atoms with van der Waals surface area (Å²) in [6.45, 7) is 2.47. The average molecular weight is 465 g/mol. The quantitative estimate of drug-likeness (QED) is 0.393. The van der Waals surface area contributed by atoms with Crippen molar-refractivity contribution in [1.82, 2.24) is 10.2 Å². The fraction of sp³-hybridized carbons (Fsp3) is 0.190. The van der Waals surface area contributed by atoms with Crippen molar-refractivity contribution in [3.05, 3.63) is 63.1 Å². The van der Waals surface area contributed by atoms with Gasteiger partial charge < -0.3 is 9.47 Å². The molecule has 2 aromatic carbocycles. The summed E-state index contributed by atoms with van der Waals surface area (Å²) >= 11 is 17.3. The molecular weight excluding hydrogens is 447 g/mol. The maximum atomic E-state index is 12.4. The van der Waals surface area contributed by atoms with Crippen molar-refractivity contribution >= 4 is 58.4 Å². The number of carbonyl (C=O) groups is 2. The van der Waals surface area contributed by atoms with Gasteiger partial charge in [-0.3, -0.25) is 19.8 Å². The van der Waals surface area contributed by atoms with Crippen LogP contribution >= 0.6 is 35.4 Å². The Hall–Kier alpha value is -2.61. The summed E-state index contributed by atoms with van der Waals surface area (Å²) in [5, 5.41) is 3.45. The van der Waals surface area contributed by atoms with Gasteiger partial charge in [0.15, 0.2) is 16.6 Å². The van der Waals surface area contributed by atoms with Crippen molar-refractivity contribution in [2.45, 2.75) is 13.5 Å². The average Bonchev–Trinajstić information content (AvgIpc) is 2.70. The Balaban J connectivity index is 1.90. The third-order valence-corrected chi connectivity index (χ3v) is 5.15. The lowest BCUT2D eigenvalue weighted by Crippen LogP contribution is -2.52. The summed E-state index contributed by atoms with van der Waals surface area (Å²) in [6.07, 6.45) is 1.44. The Morgan fingerprint density at radius 3 is 2.50 bits per heavy atom. The van der Waals surface area contributed by atoms with Crippen LogP contribution in [0, 0.1) is 0 Å². The van der Waals surface area contributed by atoms with Gasteiger partial charge in [0.05, 0.1) is 11.6 Å². The molecular formula is C21H18Cl2N2O4S. The highest BCUT2D eigenvalue weighted by molar-refractivity contribution is 7.80. The van der Waals surface area contributed by atoms with E-state index in [1.807, 2.05) is 19.1 Å². The van der Waals surface area contributed by atoms with Crippen LogP contribution in [0.5, 0.6) is 11.5 Å². The van der Waals surface area contributed by atoms with E-state index in [1.54, 1.807) is 24.3 Å². The molecule has 1 fully saturated rings. The van der Waals surface area contributed by atoms with Crippen LogP contribution in [0.25, 0.3) is 6.08 Å². The van der Waals surface area contributed by atoms with Crippen LogP contribution in [0.1, 0.15) is 18.1 Å². The van der Waals surface area contributed by atoms with Gasteiger partial charge in [0.2, 0.25) is 0 Å². The van der Waals surface area contributed by atoms with E-state index in [4.69, 9.17) is 44.9 Å². The molecule has 2 amide bonds. The van der Waals surface area contributed by atoms with Crippen LogP contribution in [-0.4, -0.2) is 35.5 Å². The number of nitrogens with one attached hydrogen (secondary N) is 1. The molecule has 0 bridgehead atoms. The number of ether oxygens (including phenoxy) is 2. The lowest BCUT2D eigenvalue weighted by Gasteiger charge is -2.25. The van der Waals surface area contributed by atoms with Crippen molar-refractivity contribution in [3.8, 4) is 11.5 Å². The molecule has 0 spiro atoms. The molecule has 0 saturated carbocycles. The normalized spacial score (nSPS) is 15.4. The van der Waals surface area contributed by atoms with E-state index >= 15 is 0 Å². The molecule has 1 saturated heterocycles. The van der Waals surface area contributed by atoms with Crippen LogP contribution in [0.15, 0.2) is 42.0 Å². The minimum atomic E-state index is -0.569. The number of rotatable bonds is 6. The molecule has 30 heavy (non-hydrogen) atoms. The SMILES string of the molecule is CCOc1cc(/C=C2\C(=O)NC(=S)N(C)C2=O)cc(Cl)c1OCc1ccc(Cl)cc1. The summed E-state index contributed by atoms with van der Waals surface area (Å²) < 4.78 is 11.5. The van der Waals surface area contributed by atoms with Gasteiger partial charge in [-0.05, 0) is 60.6 Å². The van der Waals surface area contributed by atoms with Gasteiger partial charge in [-0.25, -0.2) is 0 Å². The molecule has 0 unspecified atom stereocenters. The molecule has 0 atom stereocenters. The highest BCUT2D eigenvalue weighted by atomic mass is 35.5. The molecule has 1 N–H and O–H groups in total. The van der Waals surface area contributed by atoms with Crippen molar-refractivity contribution in [2.24, 2.45) is 0 Å². The van der Waals surface area contributed by atoms with Crippen LogP contribution in [-0.2, 0) is 16.2 Å². The van der Waals surface area contributed by atoms with Crippen LogP contribution < -0.4 is 14.8 Å². The van der Waals surface area contributed by atoms with E-state index in [-0.39, 0.29) is 22.3 Å². The zero-order valence-electron chi connectivity index (χ0n) is 16.2. The predicted octanol–water partition coefficient (Wildman–Crippen LogP) is 4.23. The van der Waals surface area contributed by atoms with E-state index in [0.29, 0.717) is 28.7 Å². The molecule has 3 rings (SSSR count). The molecule has 2 aromatic rings. The Morgan fingerprint density at radius 1 is 1.13 bits per heavy atom. The van der Waals surface area contributed by atoms with Crippen molar-refractivity contribution in [3.63, 3.8) is 0 Å². The highest BCUT2D eigenvalue weighted by Gasteiger charge is 2.30. The first-order valence-electron chi connectivity index (χ1n) is 8.98. The van der Waals surface area contributed by atoms with E-state index in [1.165, 1.54) is 18.0 Å². The van der Waals surface area contributed by atoms with Crippen LogP contribution in [0.4, 0.5) is 0 Å². The first kappa shape index (κ1) is 22.1. The molecule has 156 valence electrons. The van der Waals surface area contributed by atoms with E-state index in [0.717, 1.165) is 5.56 Å². The summed E-state index contributed by atoms with van der Waals surface area (Å²) in [7, 11) is 1.49. The number of thiocarbonyl (C=S) groups is 1. The second kappa shape index (κ2) is 9.47. The number of nitrogens with zero attached hydrogens (tertiary/aromatic N) is 1. The van der Waals surface area contributed by atoms with Crippen molar-refractivity contribution < 1.29 is 19.1 Å². The number of hydrogen-bond donors (Lipinski definition) is 1. The largest absolute Gasteiger partial charge is 0.490 e. The minimum Gasteiger partial charge on any atom is -0.490 e. The minimum absolute atomic E-state index is 0.0561. The maximum Gasteiger partial charge on any atom is 0.265 e. The van der Waals surface area contributed by atoms with Crippen molar-refractivity contribution in [2.75, 3.05) is 13.7 Å². The predicted molar refractivity (Wildman–Crippen MR) is 120 cm³/mol. The van der Waals surface area contributed by atoms with Gasteiger partial charge in [-0.1, -0.05) is 35.3 Å². The molecule has 1 aliphatic heterocycles. The molecule has 0 aliphatic carbocycles. The zero-order chi connectivity index (χ0) is 21.8. The van der Waals surface area contributed by atoms with Gasteiger partial charge in [0.25, 0.3) is 11.8 Å². The molecule has 0 aromatic heterocycles. The molecule has 9 heteroatoms. The molecule has 1 heterocycles. The number of likely N-dealkylation sites (N-methyl/N-ethyl adjacent to an activating group) is 1. The summed E-state index contributed by atoms with van der Waals surface area (Å²) in [4.78, 5) is 25.8. The highest BCUT2D eigenvalue weighted by Crippen LogP contribution is 2.38. The fourth-order valence-electron chi connectivity index (χ4n) is 2.72. The van der Waals surface area contributed by atoms with E-state index < -0.39 is 11.8 Å². The van der Waals surface area contributed by atoms with E-state index in [2.05, 4.69) is 5.32 Å². The summed E-state index contributed by atoms with van der Waals surface area (Å²) in [6, 6.07) is 10.5. The van der Waals surface area contributed by atoms with Crippen LogP contribution in [0.3, 0.4) is 0 Å². The third kappa shape index (κ3) is 4.92. The summed E-state index contributed by atoms with van der Waals surface area (Å²) in [5.41, 5.74) is 1.37. The fourth-order valence-corrected chi connectivity index (χ4v) is 3.30. The Kier molecular flexibility index (Phi) is 6.97. The Labute approximate surface area is 189 Å². The smallest absolute Gasteiger partial charge is 0.265 e. The topological polar surface area (TPSA) is 67.9 Å². The third-order valence-electron chi connectivity index (χ3n) is 4.24. The number of benzene rings is 2. The zero-order valence-corrected chi connectivity index (χ0v) is 18.5. The molecule has 0 radical (unpaired) electrons. The maximum absolute atomic E-state index is 12.4. The number of carbonyl (C=O) groups excluding carboxylic acids is 2. The number of amides is 2. The van der Waals surface area contributed by atoms with Gasteiger partial charge in [-0.15, -0.1) is 0 Å². The van der Waals surface area contributed by atoms with Crippen molar-refractivity contribution in [1.29, 1.82) is 0 Å². The van der Waals surface area contributed by atoms with Crippen LogP contribution in [0.2, 0.25) is 10.0 Å². The molecule has 1 aliphatic rings. The second-order valence-electron chi connectivity index (χ2n) is 6.36. The van der Waals surface area contributed by atoms with Gasteiger partial charge in [0, 0.05) is 12.1 Å². The Morgan fingerprint density at radius 2 is 1.83 bits per heavy atom. The first-order chi connectivity index (χ1) is 14.3. The van der Waals surface area contributed by atoms with Gasteiger partial charge >= 0.3 is 0 Å². The second-order valence-corrected chi connectivity index (χ2v) is 7.59. The van der Waals surface area contributed by atoms with Gasteiger partial charge in [0.1, 0.15) is 12.2 Å². The summed E-state index contributed by atoms with van der Waals surface area (Å²) in [5.74, 6) is -0.298. The number of hydrogen-bond acceptors (Lipinski definition) is 5. The van der Waals surface area contributed by atoms with Gasteiger partial charge in [-0.2, -0.15) is 0 Å². The first-order valence-corrected chi connectivity index (χ1v) is 10.1.